The Labute approximate surface area is 136 Å². The molecule has 0 bridgehead atoms. The summed E-state index contributed by atoms with van der Waals surface area (Å²) in [7, 11) is 0. The molecular weight excluding hydrogens is 292 g/mol. The number of hydrogen-bond donors (Lipinski definition) is 2. The number of amidine groups is 1. The molecule has 0 fully saturated rings. The van der Waals surface area contributed by atoms with E-state index in [1.54, 1.807) is 18.0 Å². The Morgan fingerprint density at radius 1 is 1.36 bits per heavy atom. The number of nitrogens with two attached hydrogens (primary N) is 1. The second kappa shape index (κ2) is 9.30. The van der Waals surface area contributed by atoms with Gasteiger partial charge in [0.2, 0.25) is 0 Å². The van der Waals surface area contributed by atoms with Crippen molar-refractivity contribution in [1.82, 2.24) is 9.97 Å². The van der Waals surface area contributed by atoms with Gasteiger partial charge in [-0.25, -0.2) is 4.98 Å². The van der Waals surface area contributed by atoms with Crippen molar-refractivity contribution in [2.75, 3.05) is 12.3 Å². The summed E-state index contributed by atoms with van der Waals surface area (Å²) in [5.74, 6) is 2.53. The molecule has 118 valence electrons. The SMILES string of the molecule is CC(CCN=C(N)SCCCc1ncc[nH]1)c1ccccc1. The van der Waals surface area contributed by atoms with Gasteiger partial charge in [0.05, 0.1) is 0 Å². The minimum Gasteiger partial charge on any atom is -0.379 e. The van der Waals surface area contributed by atoms with Crippen molar-refractivity contribution in [1.29, 1.82) is 0 Å². The number of aliphatic imine (C=N–C) groups is 1. The van der Waals surface area contributed by atoms with Gasteiger partial charge >= 0.3 is 0 Å². The van der Waals surface area contributed by atoms with E-state index in [9.17, 15) is 0 Å². The minimum atomic E-state index is 0.515. The van der Waals surface area contributed by atoms with E-state index in [0.29, 0.717) is 11.1 Å². The van der Waals surface area contributed by atoms with Crippen molar-refractivity contribution >= 4 is 16.9 Å². The monoisotopic (exact) mass is 316 g/mol. The molecule has 0 radical (unpaired) electrons. The topological polar surface area (TPSA) is 67.1 Å². The fourth-order valence-corrected chi connectivity index (χ4v) is 2.89. The smallest absolute Gasteiger partial charge is 0.153 e. The number of benzene rings is 1. The van der Waals surface area contributed by atoms with Crippen LogP contribution >= 0.6 is 11.8 Å². The third kappa shape index (κ3) is 5.93. The molecule has 0 amide bonds. The summed E-state index contributed by atoms with van der Waals surface area (Å²) in [6, 6.07) is 10.5. The standard InChI is InChI=1S/C17H24N4S/c1-14(15-6-3-2-4-7-15)9-10-21-17(18)22-13-5-8-16-19-11-12-20-16/h2-4,6-7,11-12,14H,5,8-10,13H2,1H3,(H2,18,21)(H,19,20). The van der Waals surface area contributed by atoms with Crippen molar-refractivity contribution in [3.63, 3.8) is 0 Å². The molecule has 4 nitrogen and oxygen atoms in total. The Morgan fingerprint density at radius 3 is 2.91 bits per heavy atom. The number of rotatable bonds is 8. The van der Waals surface area contributed by atoms with Crippen LogP contribution in [-0.2, 0) is 6.42 Å². The van der Waals surface area contributed by atoms with Crippen molar-refractivity contribution in [3.8, 4) is 0 Å². The maximum atomic E-state index is 5.95. The van der Waals surface area contributed by atoms with Gasteiger partial charge in [0.15, 0.2) is 5.17 Å². The molecule has 1 unspecified atom stereocenters. The van der Waals surface area contributed by atoms with Gasteiger partial charge in [-0.15, -0.1) is 0 Å². The van der Waals surface area contributed by atoms with E-state index in [2.05, 4.69) is 46.1 Å². The third-order valence-electron chi connectivity index (χ3n) is 3.56. The second-order valence-corrected chi connectivity index (χ2v) is 6.42. The number of hydrogen-bond acceptors (Lipinski definition) is 3. The van der Waals surface area contributed by atoms with Crippen LogP contribution in [-0.4, -0.2) is 27.4 Å². The summed E-state index contributed by atoms with van der Waals surface area (Å²) in [6.45, 7) is 3.02. The zero-order chi connectivity index (χ0) is 15.6. The van der Waals surface area contributed by atoms with Gasteiger partial charge in [-0.05, 0) is 24.3 Å². The quantitative estimate of drug-likeness (QED) is 0.444. The molecule has 1 heterocycles. The Morgan fingerprint density at radius 2 is 2.18 bits per heavy atom. The number of thioether (sulfide) groups is 1. The van der Waals surface area contributed by atoms with E-state index in [1.807, 2.05) is 12.3 Å². The van der Waals surface area contributed by atoms with E-state index in [4.69, 9.17) is 5.73 Å². The predicted molar refractivity (Wildman–Crippen MR) is 95.3 cm³/mol. The van der Waals surface area contributed by atoms with Crippen LogP contribution < -0.4 is 5.73 Å². The van der Waals surface area contributed by atoms with E-state index in [0.717, 1.165) is 37.4 Å². The first-order chi connectivity index (χ1) is 10.8. The molecule has 3 N–H and O–H groups in total. The third-order valence-corrected chi connectivity index (χ3v) is 4.48. The molecule has 0 aliphatic heterocycles. The maximum absolute atomic E-state index is 5.95. The van der Waals surface area contributed by atoms with Crippen LogP contribution in [0, 0.1) is 0 Å². The average molecular weight is 316 g/mol. The summed E-state index contributed by atoms with van der Waals surface area (Å²) in [4.78, 5) is 11.8. The number of aryl methyl sites for hydroxylation is 1. The lowest BCUT2D eigenvalue weighted by molar-refractivity contribution is 0.691. The molecule has 2 rings (SSSR count). The van der Waals surface area contributed by atoms with Gasteiger partial charge in [0.25, 0.3) is 0 Å². The van der Waals surface area contributed by atoms with E-state index < -0.39 is 0 Å². The first-order valence-corrected chi connectivity index (χ1v) is 8.70. The molecular formula is C17H24N4S. The number of imidazole rings is 1. The molecule has 0 saturated heterocycles. The Balaban J connectivity index is 1.61. The lowest BCUT2D eigenvalue weighted by Gasteiger charge is -2.10. The minimum absolute atomic E-state index is 0.515. The Kier molecular flexibility index (Phi) is 7.03. The molecule has 2 aromatic rings. The highest BCUT2D eigenvalue weighted by Crippen LogP contribution is 2.18. The van der Waals surface area contributed by atoms with E-state index >= 15 is 0 Å². The summed E-state index contributed by atoms with van der Waals surface area (Å²) >= 11 is 1.63. The molecule has 1 aromatic heterocycles. The normalized spacial score (nSPS) is 13.2. The van der Waals surface area contributed by atoms with Crippen molar-refractivity contribution in [2.24, 2.45) is 10.7 Å². The summed E-state index contributed by atoms with van der Waals surface area (Å²) in [5, 5.41) is 0.694. The molecule has 5 heteroatoms. The van der Waals surface area contributed by atoms with Crippen LogP contribution in [0.2, 0.25) is 0 Å². The number of nitrogens with one attached hydrogen (secondary N) is 1. The van der Waals surface area contributed by atoms with Gasteiger partial charge in [-0.2, -0.15) is 0 Å². The van der Waals surface area contributed by atoms with Crippen molar-refractivity contribution in [3.05, 3.63) is 54.1 Å². The van der Waals surface area contributed by atoms with Crippen LogP contribution in [0.1, 0.15) is 37.1 Å². The van der Waals surface area contributed by atoms with Crippen LogP contribution in [0.15, 0.2) is 47.7 Å². The number of aromatic amines is 1. The highest BCUT2D eigenvalue weighted by atomic mass is 32.2. The van der Waals surface area contributed by atoms with E-state index in [1.165, 1.54) is 5.56 Å². The maximum Gasteiger partial charge on any atom is 0.153 e. The molecule has 0 aliphatic rings. The van der Waals surface area contributed by atoms with E-state index in [-0.39, 0.29) is 0 Å². The van der Waals surface area contributed by atoms with Gasteiger partial charge in [0, 0.05) is 31.1 Å². The predicted octanol–water partition coefficient (Wildman–Crippen LogP) is 3.58. The Bertz CT molecular complexity index is 551. The summed E-state index contributed by atoms with van der Waals surface area (Å²) < 4.78 is 0. The van der Waals surface area contributed by atoms with Crippen LogP contribution in [0.5, 0.6) is 0 Å². The zero-order valence-corrected chi connectivity index (χ0v) is 13.9. The summed E-state index contributed by atoms with van der Waals surface area (Å²) in [6.07, 6.45) is 6.67. The lowest BCUT2D eigenvalue weighted by Crippen LogP contribution is -2.09. The van der Waals surface area contributed by atoms with Crippen LogP contribution in [0.3, 0.4) is 0 Å². The summed E-state index contributed by atoms with van der Waals surface area (Å²) in [5.41, 5.74) is 7.31. The lowest BCUT2D eigenvalue weighted by atomic mass is 9.98. The van der Waals surface area contributed by atoms with Crippen LogP contribution in [0.4, 0.5) is 0 Å². The van der Waals surface area contributed by atoms with Gasteiger partial charge in [-0.3, -0.25) is 4.99 Å². The van der Waals surface area contributed by atoms with Gasteiger partial charge in [0.1, 0.15) is 5.82 Å². The number of H-pyrrole nitrogens is 1. The van der Waals surface area contributed by atoms with Gasteiger partial charge in [-0.1, -0.05) is 49.0 Å². The molecule has 1 aromatic carbocycles. The van der Waals surface area contributed by atoms with Gasteiger partial charge < -0.3 is 10.7 Å². The first-order valence-electron chi connectivity index (χ1n) is 7.71. The molecule has 1 atom stereocenters. The Hall–Kier alpha value is -1.75. The average Bonchev–Trinajstić information content (AvgIpc) is 3.06. The highest BCUT2D eigenvalue weighted by Gasteiger charge is 2.04. The fraction of sp³-hybridized carbons (Fsp3) is 0.412. The fourth-order valence-electron chi connectivity index (χ4n) is 2.21. The zero-order valence-electron chi connectivity index (χ0n) is 13.0. The molecule has 0 aliphatic carbocycles. The molecule has 0 spiro atoms. The van der Waals surface area contributed by atoms with Crippen molar-refractivity contribution < 1.29 is 0 Å². The number of nitrogens with zero attached hydrogens (tertiary/aromatic N) is 2. The largest absolute Gasteiger partial charge is 0.379 e. The molecule has 22 heavy (non-hydrogen) atoms. The number of aromatic nitrogens is 2. The first kappa shape index (κ1) is 16.6. The highest BCUT2D eigenvalue weighted by molar-refractivity contribution is 8.13. The molecule has 0 saturated carbocycles. The van der Waals surface area contributed by atoms with Crippen LogP contribution in [0.25, 0.3) is 0 Å². The second-order valence-electron chi connectivity index (χ2n) is 5.31. The van der Waals surface area contributed by atoms with Crippen molar-refractivity contribution in [2.45, 2.75) is 32.1 Å².